The third kappa shape index (κ3) is 7.81. The van der Waals surface area contributed by atoms with Crippen LogP contribution >= 0.6 is 24.8 Å². The Labute approximate surface area is 184 Å². The van der Waals surface area contributed by atoms with E-state index in [-0.39, 0.29) is 42.9 Å². The second kappa shape index (κ2) is 13.4. The van der Waals surface area contributed by atoms with Crippen LogP contribution in [0.25, 0.3) is 0 Å². The lowest BCUT2D eigenvalue weighted by molar-refractivity contribution is -0.130. The summed E-state index contributed by atoms with van der Waals surface area (Å²) in [6.45, 7) is 1.02. The van der Waals surface area contributed by atoms with Crippen molar-refractivity contribution in [1.82, 2.24) is 15.2 Å². The van der Waals surface area contributed by atoms with Crippen LogP contribution in [-0.2, 0) is 16.1 Å². The third-order valence-corrected chi connectivity index (χ3v) is 5.27. The number of nitriles is 1. The molecule has 1 saturated carbocycles. The first-order valence-electron chi connectivity index (χ1n) is 9.75. The number of pyridine rings is 1. The van der Waals surface area contributed by atoms with Gasteiger partial charge in [0.1, 0.15) is 12.1 Å². The first-order valence-corrected chi connectivity index (χ1v) is 9.75. The van der Waals surface area contributed by atoms with Crippen molar-refractivity contribution in [3.63, 3.8) is 0 Å². The minimum absolute atomic E-state index is 0. The summed E-state index contributed by atoms with van der Waals surface area (Å²) < 4.78 is 0. The highest BCUT2D eigenvalue weighted by Gasteiger charge is 2.29. The van der Waals surface area contributed by atoms with Crippen LogP contribution in [0, 0.1) is 11.3 Å². The zero-order valence-corrected chi connectivity index (χ0v) is 18.0. The summed E-state index contributed by atoms with van der Waals surface area (Å²) in [6.07, 6.45) is 11.7. The topological polar surface area (TPSA) is 90.6 Å². The Morgan fingerprint density at radius 3 is 2.83 bits per heavy atom. The Kier molecular flexibility index (Phi) is 11.6. The molecule has 0 aromatic carbocycles. The molecule has 1 atom stereocenters. The van der Waals surface area contributed by atoms with Crippen LogP contribution in [0.2, 0.25) is 0 Å². The Morgan fingerprint density at radius 2 is 2.14 bits per heavy atom. The monoisotopic (exact) mass is 441 g/mol. The summed E-state index contributed by atoms with van der Waals surface area (Å²) in [5, 5.41) is 16.5. The predicted molar refractivity (Wildman–Crippen MR) is 116 cm³/mol. The van der Waals surface area contributed by atoms with E-state index < -0.39 is 0 Å². The lowest BCUT2D eigenvalue weighted by Gasteiger charge is -2.28. The molecule has 2 fully saturated rings. The first-order chi connectivity index (χ1) is 13.3. The summed E-state index contributed by atoms with van der Waals surface area (Å²) in [4.78, 5) is 23.7. The van der Waals surface area contributed by atoms with Crippen molar-refractivity contribution in [2.24, 2.45) is 5.16 Å². The highest BCUT2D eigenvalue weighted by Crippen LogP contribution is 2.22. The maximum Gasteiger partial charge on any atom is 0.237 e. The molecule has 1 amide bonds. The molecule has 1 aliphatic carbocycles. The molecule has 2 heterocycles. The lowest BCUT2D eigenvalue weighted by atomic mass is 9.93. The van der Waals surface area contributed by atoms with Gasteiger partial charge in [-0.05, 0) is 50.2 Å². The molecular weight excluding hydrogens is 413 g/mol. The maximum absolute atomic E-state index is 12.3. The van der Waals surface area contributed by atoms with E-state index in [0.29, 0.717) is 25.6 Å². The van der Waals surface area contributed by atoms with E-state index in [9.17, 15) is 4.79 Å². The van der Waals surface area contributed by atoms with Crippen molar-refractivity contribution < 1.29 is 9.63 Å². The minimum atomic E-state index is -0.243. The number of likely N-dealkylation sites (tertiary alicyclic amines) is 1. The van der Waals surface area contributed by atoms with E-state index in [0.717, 1.165) is 44.1 Å². The molecule has 1 aliphatic heterocycles. The molecule has 1 saturated heterocycles. The number of hydrogen-bond acceptors (Lipinski definition) is 6. The molecule has 160 valence electrons. The summed E-state index contributed by atoms with van der Waals surface area (Å²) >= 11 is 0. The molecule has 1 aromatic rings. The molecule has 1 aromatic heterocycles. The van der Waals surface area contributed by atoms with Crippen LogP contribution in [0.1, 0.15) is 44.1 Å². The van der Waals surface area contributed by atoms with Crippen molar-refractivity contribution in [3.8, 4) is 6.07 Å². The fourth-order valence-electron chi connectivity index (χ4n) is 3.70. The average Bonchev–Trinajstić information content (AvgIpc) is 3.20. The van der Waals surface area contributed by atoms with Gasteiger partial charge in [0, 0.05) is 37.6 Å². The molecular formula is C20H29Cl2N5O2. The van der Waals surface area contributed by atoms with Gasteiger partial charge in [0.2, 0.25) is 5.91 Å². The number of rotatable bonds is 7. The van der Waals surface area contributed by atoms with E-state index in [1.807, 2.05) is 18.3 Å². The molecule has 0 bridgehead atoms. The normalized spacial score (nSPS) is 23.7. The highest BCUT2D eigenvalue weighted by molar-refractivity contribution is 5.85. The number of aromatic nitrogens is 1. The van der Waals surface area contributed by atoms with Crippen LogP contribution in [0.5, 0.6) is 0 Å². The van der Waals surface area contributed by atoms with Gasteiger partial charge in [-0.1, -0.05) is 11.2 Å². The number of amides is 1. The van der Waals surface area contributed by atoms with E-state index >= 15 is 0 Å². The molecule has 29 heavy (non-hydrogen) atoms. The highest BCUT2D eigenvalue weighted by atomic mass is 35.5. The quantitative estimate of drug-likeness (QED) is 0.518. The van der Waals surface area contributed by atoms with Gasteiger partial charge >= 0.3 is 0 Å². The van der Waals surface area contributed by atoms with Crippen LogP contribution in [-0.4, -0.2) is 53.3 Å². The predicted octanol–water partition coefficient (Wildman–Crippen LogP) is 2.89. The van der Waals surface area contributed by atoms with Crippen LogP contribution in [0.15, 0.2) is 29.7 Å². The van der Waals surface area contributed by atoms with Gasteiger partial charge in [-0.15, -0.1) is 24.8 Å². The molecule has 0 unspecified atom stereocenters. The van der Waals surface area contributed by atoms with Gasteiger partial charge in [0.25, 0.3) is 0 Å². The Hall–Kier alpha value is -1.88. The largest absolute Gasteiger partial charge is 0.393 e. The van der Waals surface area contributed by atoms with Crippen LogP contribution in [0.3, 0.4) is 0 Å². The molecule has 0 spiro atoms. The second-order valence-electron chi connectivity index (χ2n) is 7.19. The summed E-state index contributed by atoms with van der Waals surface area (Å²) in [5.74, 6) is 0.0393. The van der Waals surface area contributed by atoms with Crippen molar-refractivity contribution in [3.05, 3.63) is 30.1 Å². The van der Waals surface area contributed by atoms with Gasteiger partial charge in [0.15, 0.2) is 0 Å². The van der Waals surface area contributed by atoms with Gasteiger partial charge < -0.3 is 15.1 Å². The Balaban J connectivity index is 0.00000210. The number of carbonyl (C=O) groups is 1. The number of oxime groups is 1. The van der Waals surface area contributed by atoms with Crippen LogP contribution < -0.4 is 5.32 Å². The molecule has 7 nitrogen and oxygen atoms in total. The van der Waals surface area contributed by atoms with Crippen molar-refractivity contribution in [1.29, 1.82) is 5.26 Å². The minimum Gasteiger partial charge on any atom is -0.393 e. The van der Waals surface area contributed by atoms with E-state index in [4.69, 9.17) is 10.1 Å². The Morgan fingerprint density at radius 1 is 1.34 bits per heavy atom. The van der Waals surface area contributed by atoms with Crippen molar-refractivity contribution >= 4 is 36.9 Å². The van der Waals surface area contributed by atoms with Gasteiger partial charge in [-0.2, -0.15) is 5.26 Å². The fraction of sp³-hybridized carbons (Fsp3) is 0.600. The standard InChI is InChI=1S/C20H27N5O2.2ClH/c21-13-18-4-2-12-25(18)20(26)15-23-17-5-7-19(8-6-17)27-24-11-9-16-3-1-10-22-14-16;;/h1,3,10-11,14,17-19,23H,2,4-9,12,15H2;2*1H/t17?,18-,19?;;/m0../s1. The third-order valence-electron chi connectivity index (χ3n) is 5.27. The molecule has 3 rings (SSSR count). The second-order valence-corrected chi connectivity index (χ2v) is 7.19. The average molecular weight is 442 g/mol. The van der Waals surface area contributed by atoms with Gasteiger partial charge in [-0.25, -0.2) is 0 Å². The molecule has 1 N–H and O–H groups in total. The van der Waals surface area contributed by atoms with E-state index in [2.05, 4.69) is 21.5 Å². The Bertz CT molecular complexity index is 675. The van der Waals surface area contributed by atoms with E-state index in [1.54, 1.807) is 17.3 Å². The fourth-order valence-corrected chi connectivity index (χ4v) is 3.70. The zero-order chi connectivity index (χ0) is 18.9. The summed E-state index contributed by atoms with van der Waals surface area (Å²) in [5.41, 5.74) is 1.11. The van der Waals surface area contributed by atoms with Crippen molar-refractivity contribution in [2.75, 3.05) is 13.1 Å². The SMILES string of the molecule is Cl.Cl.N#C[C@@H]1CCCN1C(=O)CNC1CCC(ON=CCc2cccnc2)CC1. The van der Waals surface area contributed by atoms with Gasteiger partial charge in [0.05, 0.1) is 12.6 Å². The van der Waals surface area contributed by atoms with Crippen LogP contribution in [0.4, 0.5) is 0 Å². The number of carbonyl (C=O) groups excluding carboxylic acids is 1. The number of nitrogens with one attached hydrogen (secondary N) is 1. The lowest BCUT2D eigenvalue weighted by Crippen LogP contribution is -2.44. The molecule has 2 aliphatic rings. The molecule has 0 radical (unpaired) electrons. The first kappa shape index (κ1) is 25.2. The van der Waals surface area contributed by atoms with Crippen molar-refractivity contribution in [2.45, 2.75) is 63.1 Å². The smallest absolute Gasteiger partial charge is 0.237 e. The number of nitrogens with zero attached hydrogens (tertiary/aromatic N) is 4. The summed E-state index contributed by atoms with van der Waals surface area (Å²) in [6, 6.07) is 6.23. The number of halogens is 2. The summed E-state index contributed by atoms with van der Waals surface area (Å²) in [7, 11) is 0. The zero-order valence-electron chi connectivity index (χ0n) is 16.4. The number of hydrogen-bond donors (Lipinski definition) is 1. The van der Waals surface area contributed by atoms with E-state index in [1.165, 1.54) is 0 Å². The maximum atomic E-state index is 12.3. The van der Waals surface area contributed by atoms with Gasteiger partial charge in [-0.3, -0.25) is 9.78 Å². The molecule has 9 heteroatoms.